The van der Waals surface area contributed by atoms with Gasteiger partial charge in [-0.05, 0) is 24.2 Å². The lowest BCUT2D eigenvalue weighted by molar-refractivity contribution is 0.282. The fourth-order valence-corrected chi connectivity index (χ4v) is 1.64. The molecule has 0 saturated carbocycles. The first kappa shape index (κ1) is 8.70. The van der Waals surface area contributed by atoms with E-state index in [9.17, 15) is 0 Å². The number of hydrogen-bond acceptors (Lipinski definition) is 1. The molecule has 11 heavy (non-hydrogen) atoms. The molecule has 1 aromatic carbocycles. The maximum Gasteiger partial charge on any atom is 0.0681 e. The number of aliphatic hydroxyl groups excluding tert-OH is 1. The Morgan fingerprint density at radius 1 is 1.18 bits per heavy atom. The van der Waals surface area contributed by atoms with Gasteiger partial charge in [0.05, 0.1) is 6.61 Å². The van der Waals surface area contributed by atoms with Crippen molar-refractivity contribution < 1.29 is 5.11 Å². The predicted molar refractivity (Wildman–Crippen MR) is 50.8 cm³/mol. The lowest BCUT2D eigenvalue weighted by atomic mass is 10.2. The van der Waals surface area contributed by atoms with Gasteiger partial charge < -0.3 is 5.11 Å². The average molecular weight is 168 g/mol. The molecule has 0 unspecified atom stereocenters. The van der Waals surface area contributed by atoms with Crippen molar-refractivity contribution in [2.24, 2.45) is 0 Å². The molecule has 1 N–H and O–H groups in total. The highest BCUT2D eigenvalue weighted by atomic mass is 31.1. The summed E-state index contributed by atoms with van der Waals surface area (Å²) in [6, 6.07) is 8.16. The summed E-state index contributed by atoms with van der Waals surface area (Å²) in [5.41, 5.74) is 0.991. The summed E-state index contributed by atoms with van der Waals surface area (Å²) < 4.78 is 0. The second kappa shape index (κ2) is 3.85. The van der Waals surface area contributed by atoms with Gasteiger partial charge in [0, 0.05) is 0 Å². The highest BCUT2D eigenvalue weighted by molar-refractivity contribution is 7.64. The predicted octanol–water partition coefficient (Wildman–Crippen LogP) is 1.55. The van der Waals surface area contributed by atoms with Crippen LogP contribution in [-0.4, -0.2) is 18.4 Å². The Morgan fingerprint density at radius 3 is 2.09 bits per heavy atom. The van der Waals surface area contributed by atoms with Crippen LogP contribution >= 0.6 is 7.92 Å². The highest BCUT2D eigenvalue weighted by Crippen LogP contribution is 2.22. The van der Waals surface area contributed by atoms with Crippen LogP contribution in [0.2, 0.25) is 0 Å². The molecule has 0 heterocycles. The van der Waals surface area contributed by atoms with E-state index in [0.29, 0.717) is 0 Å². The molecule has 0 aliphatic heterocycles. The van der Waals surface area contributed by atoms with E-state index in [1.807, 2.05) is 12.1 Å². The zero-order valence-electron chi connectivity index (χ0n) is 6.91. The molecule has 1 nitrogen and oxygen atoms in total. The first-order chi connectivity index (χ1) is 5.24. The van der Waals surface area contributed by atoms with Crippen molar-refractivity contribution in [2.75, 3.05) is 13.3 Å². The smallest absolute Gasteiger partial charge is 0.0681 e. The minimum absolute atomic E-state index is 0.00540. The molecule has 0 spiro atoms. The Bertz CT molecular complexity index is 216. The van der Waals surface area contributed by atoms with Crippen molar-refractivity contribution >= 4 is 13.2 Å². The molecule has 1 rings (SSSR count). The van der Waals surface area contributed by atoms with Crippen LogP contribution in [0.15, 0.2) is 24.3 Å². The zero-order valence-corrected chi connectivity index (χ0v) is 7.81. The van der Waals surface area contributed by atoms with Crippen molar-refractivity contribution in [3.05, 3.63) is 29.8 Å². The van der Waals surface area contributed by atoms with Gasteiger partial charge in [-0.25, -0.2) is 0 Å². The fraction of sp³-hybridized carbons (Fsp3) is 0.333. The Balaban J connectivity index is 2.83. The minimum atomic E-state index is 0.00540. The maximum absolute atomic E-state index is 8.77. The van der Waals surface area contributed by atoms with Gasteiger partial charge in [0.25, 0.3) is 0 Å². The SMILES string of the molecule is CP(C)c1ccc(CO)cc1. The van der Waals surface area contributed by atoms with Crippen LogP contribution in [0.1, 0.15) is 5.56 Å². The van der Waals surface area contributed by atoms with Crippen LogP contribution in [0.4, 0.5) is 0 Å². The first-order valence-corrected chi connectivity index (χ1v) is 5.85. The molecule has 0 amide bonds. The van der Waals surface area contributed by atoms with Gasteiger partial charge in [-0.15, -0.1) is 0 Å². The molecule has 0 saturated heterocycles. The monoisotopic (exact) mass is 168 g/mol. The summed E-state index contributed by atoms with van der Waals surface area (Å²) in [4.78, 5) is 0. The Labute approximate surface area is 68.8 Å². The van der Waals surface area contributed by atoms with Crippen LogP contribution in [0.5, 0.6) is 0 Å². The Kier molecular flexibility index (Phi) is 3.04. The Hall–Kier alpha value is -0.390. The van der Waals surface area contributed by atoms with Gasteiger partial charge in [-0.3, -0.25) is 0 Å². The van der Waals surface area contributed by atoms with Crippen molar-refractivity contribution in [1.82, 2.24) is 0 Å². The van der Waals surface area contributed by atoms with Gasteiger partial charge in [-0.1, -0.05) is 32.2 Å². The van der Waals surface area contributed by atoms with E-state index in [-0.39, 0.29) is 14.5 Å². The zero-order chi connectivity index (χ0) is 8.27. The van der Waals surface area contributed by atoms with Crippen molar-refractivity contribution in [2.45, 2.75) is 6.61 Å². The lowest BCUT2D eigenvalue weighted by Gasteiger charge is -2.05. The maximum atomic E-state index is 8.77. The summed E-state index contributed by atoms with van der Waals surface area (Å²) in [6.45, 7) is 4.60. The first-order valence-electron chi connectivity index (χ1n) is 3.61. The molecular formula is C9H13OP. The van der Waals surface area contributed by atoms with Gasteiger partial charge >= 0.3 is 0 Å². The van der Waals surface area contributed by atoms with Crippen molar-refractivity contribution in [3.8, 4) is 0 Å². The van der Waals surface area contributed by atoms with E-state index < -0.39 is 0 Å². The molecule has 2 heteroatoms. The molecule has 0 atom stereocenters. The molecule has 1 aromatic rings. The number of aliphatic hydroxyl groups is 1. The van der Waals surface area contributed by atoms with Crippen LogP contribution in [0.3, 0.4) is 0 Å². The lowest BCUT2D eigenvalue weighted by Crippen LogP contribution is -1.98. The van der Waals surface area contributed by atoms with Gasteiger partial charge in [0.15, 0.2) is 0 Å². The van der Waals surface area contributed by atoms with Gasteiger partial charge in [-0.2, -0.15) is 0 Å². The second-order valence-corrected chi connectivity index (χ2v) is 5.02. The quantitative estimate of drug-likeness (QED) is 0.664. The number of benzene rings is 1. The third kappa shape index (κ3) is 2.28. The molecule has 0 bridgehead atoms. The summed E-state index contributed by atoms with van der Waals surface area (Å²) in [5, 5.41) is 10.2. The normalized spacial score (nSPS) is 10.5. The Morgan fingerprint density at radius 2 is 1.73 bits per heavy atom. The van der Waals surface area contributed by atoms with Crippen LogP contribution in [0, 0.1) is 0 Å². The van der Waals surface area contributed by atoms with Crippen LogP contribution < -0.4 is 5.30 Å². The van der Waals surface area contributed by atoms with E-state index in [1.54, 1.807) is 0 Å². The third-order valence-electron chi connectivity index (χ3n) is 1.64. The highest BCUT2D eigenvalue weighted by Gasteiger charge is 1.96. The number of hydrogen-bond donors (Lipinski definition) is 1. The van der Waals surface area contributed by atoms with Gasteiger partial charge in [0.2, 0.25) is 0 Å². The van der Waals surface area contributed by atoms with E-state index in [1.165, 1.54) is 5.30 Å². The molecule has 0 aliphatic rings. The fourth-order valence-electron chi connectivity index (χ4n) is 0.899. The summed E-state index contributed by atoms with van der Waals surface area (Å²) in [6.07, 6.45) is 0. The van der Waals surface area contributed by atoms with Gasteiger partial charge in [0.1, 0.15) is 0 Å². The summed E-state index contributed by atoms with van der Waals surface area (Å²) >= 11 is 0. The second-order valence-electron chi connectivity index (χ2n) is 2.72. The molecule has 0 fully saturated rings. The summed E-state index contributed by atoms with van der Waals surface area (Å²) in [7, 11) is 0.00540. The molecule has 0 aliphatic carbocycles. The van der Waals surface area contributed by atoms with E-state index >= 15 is 0 Å². The molecule has 60 valence electrons. The van der Waals surface area contributed by atoms with Crippen molar-refractivity contribution in [1.29, 1.82) is 0 Å². The average Bonchev–Trinajstić information content (AvgIpc) is 2.05. The van der Waals surface area contributed by atoms with E-state index in [0.717, 1.165) is 5.56 Å². The van der Waals surface area contributed by atoms with Crippen molar-refractivity contribution in [3.63, 3.8) is 0 Å². The molecular weight excluding hydrogens is 155 g/mol. The topological polar surface area (TPSA) is 20.2 Å². The minimum Gasteiger partial charge on any atom is -0.392 e. The largest absolute Gasteiger partial charge is 0.392 e. The van der Waals surface area contributed by atoms with E-state index in [2.05, 4.69) is 25.5 Å². The molecule has 0 radical (unpaired) electrons. The van der Waals surface area contributed by atoms with Crippen LogP contribution in [-0.2, 0) is 6.61 Å². The number of rotatable bonds is 2. The van der Waals surface area contributed by atoms with E-state index in [4.69, 9.17) is 5.11 Å². The third-order valence-corrected chi connectivity index (χ3v) is 2.97. The van der Waals surface area contributed by atoms with Crippen LogP contribution in [0.25, 0.3) is 0 Å². The molecule has 0 aromatic heterocycles. The summed E-state index contributed by atoms with van der Waals surface area (Å²) in [5.74, 6) is 0. The standard InChI is InChI=1S/C9H13OP/c1-11(2)9-5-3-8(7-10)4-6-9/h3-6,10H,7H2,1-2H3.